The van der Waals surface area contributed by atoms with Crippen molar-refractivity contribution in [2.45, 2.75) is 51.6 Å². The Balaban J connectivity index is 1.21. The van der Waals surface area contributed by atoms with Crippen LogP contribution in [0.3, 0.4) is 0 Å². The first-order valence-corrected chi connectivity index (χ1v) is 11.6. The molecule has 1 amide bonds. The number of aromatic nitrogens is 1. The normalized spacial score (nSPS) is 18.6. The minimum absolute atomic E-state index is 0.190. The van der Waals surface area contributed by atoms with Gasteiger partial charge in [0.1, 0.15) is 11.6 Å². The number of ether oxygens (including phenoxy) is 1. The van der Waals surface area contributed by atoms with Gasteiger partial charge in [-0.05, 0) is 75.5 Å². The molecule has 1 aliphatic rings. The van der Waals surface area contributed by atoms with Crippen LogP contribution >= 0.6 is 11.3 Å². The number of rotatable bonds is 8. The molecule has 1 aromatic heterocycles. The van der Waals surface area contributed by atoms with Gasteiger partial charge >= 0.3 is 0 Å². The van der Waals surface area contributed by atoms with Crippen LogP contribution < -0.4 is 10.1 Å². The van der Waals surface area contributed by atoms with Gasteiger partial charge in [0.15, 0.2) is 0 Å². The predicted octanol–water partition coefficient (Wildman–Crippen LogP) is 5.15. The van der Waals surface area contributed by atoms with Gasteiger partial charge in [-0.2, -0.15) is 0 Å². The van der Waals surface area contributed by atoms with Gasteiger partial charge < -0.3 is 15.0 Å². The quantitative estimate of drug-likeness (QED) is 0.491. The van der Waals surface area contributed by atoms with Gasteiger partial charge in [0.25, 0.3) is 5.19 Å². The van der Waals surface area contributed by atoms with E-state index < -0.39 is 0 Å². The zero-order valence-electron chi connectivity index (χ0n) is 17.9. The molecule has 0 bridgehead atoms. The lowest BCUT2D eigenvalue weighted by molar-refractivity contribution is -0.131. The van der Waals surface area contributed by atoms with Crippen molar-refractivity contribution in [3.63, 3.8) is 0 Å². The lowest BCUT2D eigenvalue weighted by Crippen LogP contribution is -2.39. The number of carbonyl (C=O) groups excluding carboxylic acids is 1. The summed E-state index contributed by atoms with van der Waals surface area (Å²) in [5.74, 6) is 0.613. The second kappa shape index (κ2) is 9.75. The molecular formula is C24H28FN3O2S. The molecule has 0 radical (unpaired) electrons. The number of fused-ring (bicyclic) bond motifs is 1. The van der Waals surface area contributed by atoms with Crippen molar-refractivity contribution in [1.29, 1.82) is 0 Å². The van der Waals surface area contributed by atoms with Gasteiger partial charge in [0.2, 0.25) is 5.91 Å². The molecule has 3 aromatic rings. The van der Waals surface area contributed by atoms with Crippen LogP contribution in [0.1, 0.15) is 38.7 Å². The molecule has 0 saturated carbocycles. The Bertz CT molecular complexity index is 1040. The second-order valence-electron chi connectivity index (χ2n) is 8.13. The van der Waals surface area contributed by atoms with Crippen molar-refractivity contribution in [1.82, 2.24) is 15.2 Å². The Labute approximate surface area is 186 Å². The molecule has 2 aromatic carbocycles. The van der Waals surface area contributed by atoms with Gasteiger partial charge in [-0.25, -0.2) is 9.37 Å². The van der Waals surface area contributed by atoms with E-state index in [4.69, 9.17) is 4.74 Å². The van der Waals surface area contributed by atoms with E-state index in [0.29, 0.717) is 22.8 Å². The minimum atomic E-state index is -0.295. The molecule has 7 heteroatoms. The average molecular weight is 442 g/mol. The van der Waals surface area contributed by atoms with Crippen LogP contribution in [0.4, 0.5) is 4.39 Å². The number of thiazole rings is 1. The first-order chi connectivity index (χ1) is 15.0. The topological polar surface area (TPSA) is 54.5 Å². The highest BCUT2D eigenvalue weighted by Crippen LogP contribution is 2.31. The SMILES string of the molecule is CC(=O)N1[C@@H](CCNCCc2ccc(Oc3nc4cc(F)ccc4s3)cc2)CC[C@H]1C. The fourth-order valence-electron chi connectivity index (χ4n) is 4.30. The van der Waals surface area contributed by atoms with E-state index in [1.807, 2.05) is 17.0 Å². The molecule has 1 fully saturated rings. The smallest absolute Gasteiger partial charge is 0.279 e. The summed E-state index contributed by atoms with van der Waals surface area (Å²) >= 11 is 1.40. The maximum absolute atomic E-state index is 13.3. The Hall–Kier alpha value is -2.51. The van der Waals surface area contributed by atoms with E-state index in [1.165, 1.54) is 29.0 Å². The molecule has 4 rings (SSSR count). The number of halogens is 1. The third-order valence-corrected chi connectivity index (χ3v) is 6.77. The molecule has 1 saturated heterocycles. The summed E-state index contributed by atoms with van der Waals surface area (Å²) in [6.07, 6.45) is 4.14. The minimum Gasteiger partial charge on any atom is -0.431 e. The van der Waals surface area contributed by atoms with Crippen molar-refractivity contribution < 1.29 is 13.9 Å². The average Bonchev–Trinajstić information content (AvgIpc) is 3.31. The van der Waals surface area contributed by atoms with Crippen molar-refractivity contribution in [3.8, 4) is 10.9 Å². The van der Waals surface area contributed by atoms with Gasteiger partial charge in [0.05, 0.1) is 10.2 Å². The van der Waals surface area contributed by atoms with Crippen molar-refractivity contribution in [2.24, 2.45) is 0 Å². The highest BCUT2D eigenvalue weighted by molar-refractivity contribution is 7.20. The van der Waals surface area contributed by atoms with Crippen LogP contribution in [-0.4, -0.2) is 41.0 Å². The maximum atomic E-state index is 13.3. The van der Waals surface area contributed by atoms with Gasteiger partial charge in [-0.3, -0.25) is 4.79 Å². The molecule has 1 aliphatic heterocycles. The third-order valence-electron chi connectivity index (χ3n) is 5.85. The van der Waals surface area contributed by atoms with E-state index in [2.05, 4.69) is 29.4 Å². The molecule has 2 heterocycles. The van der Waals surface area contributed by atoms with Gasteiger partial charge in [0, 0.05) is 25.1 Å². The number of likely N-dealkylation sites (tertiary alicyclic amines) is 1. The van der Waals surface area contributed by atoms with Crippen LogP contribution in [0, 0.1) is 5.82 Å². The molecule has 1 N–H and O–H groups in total. The first-order valence-electron chi connectivity index (χ1n) is 10.8. The van der Waals surface area contributed by atoms with Gasteiger partial charge in [-0.1, -0.05) is 23.5 Å². The standard InChI is InChI=1S/C24H28FN3O2S/c1-16-3-7-20(28(16)17(2)29)12-14-26-13-11-18-4-8-21(9-5-18)30-24-27-22-15-19(25)6-10-23(22)31-24/h4-6,8-10,15-16,20,26H,3,7,11-14H2,1-2H3/t16-,20-/m1/s1. The first kappa shape index (κ1) is 21.7. The lowest BCUT2D eigenvalue weighted by Gasteiger charge is -2.27. The van der Waals surface area contributed by atoms with Crippen molar-refractivity contribution >= 4 is 27.5 Å². The second-order valence-corrected chi connectivity index (χ2v) is 9.13. The van der Waals surface area contributed by atoms with E-state index in [1.54, 1.807) is 13.0 Å². The Morgan fingerprint density at radius 3 is 2.81 bits per heavy atom. The molecular weight excluding hydrogens is 413 g/mol. The maximum Gasteiger partial charge on any atom is 0.279 e. The van der Waals surface area contributed by atoms with E-state index in [9.17, 15) is 9.18 Å². The predicted molar refractivity (Wildman–Crippen MR) is 122 cm³/mol. The summed E-state index contributed by atoms with van der Waals surface area (Å²) in [4.78, 5) is 18.2. The van der Waals surface area contributed by atoms with Crippen LogP contribution in [0.2, 0.25) is 0 Å². The number of hydrogen-bond acceptors (Lipinski definition) is 5. The molecule has 5 nitrogen and oxygen atoms in total. The number of amides is 1. The number of hydrogen-bond donors (Lipinski definition) is 1. The van der Waals surface area contributed by atoms with Gasteiger partial charge in [-0.15, -0.1) is 0 Å². The Morgan fingerprint density at radius 2 is 2.03 bits per heavy atom. The van der Waals surface area contributed by atoms with Crippen LogP contribution in [-0.2, 0) is 11.2 Å². The number of benzene rings is 2. The number of carbonyl (C=O) groups is 1. The Kier molecular flexibility index (Phi) is 6.83. The Morgan fingerprint density at radius 1 is 1.23 bits per heavy atom. The summed E-state index contributed by atoms with van der Waals surface area (Å²) in [6.45, 7) is 5.62. The molecule has 0 spiro atoms. The lowest BCUT2D eigenvalue weighted by atomic mass is 10.1. The zero-order valence-corrected chi connectivity index (χ0v) is 18.8. The van der Waals surface area contributed by atoms with Crippen LogP contribution in [0.25, 0.3) is 10.2 Å². The zero-order chi connectivity index (χ0) is 21.8. The van der Waals surface area contributed by atoms with Crippen molar-refractivity contribution in [3.05, 3.63) is 53.8 Å². The van der Waals surface area contributed by atoms with Crippen LogP contribution in [0.15, 0.2) is 42.5 Å². The fraction of sp³-hybridized carbons (Fsp3) is 0.417. The fourth-order valence-corrected chi connectivity index (χ4v) is 5.11. The molecule has 164 valence electrons. The van der Waals surface area contributed by atoms with Crippen molar-refractivity contribution in [2.75, 3.05) is 13.1 Å². The summed E-state index contributed by atoms with van der Waals surface area (Å²) in [5, 5.41) is 4.01. The summed E-state index contributed by atoms with van der Waals surface area (Å²) < 4.78 is 20.0. The summed E-state index contributed by atoms with van der Waals surface area (Å²) in [5.41, 5.74) is 1.84. The molecule has 2 atom stereocenters. The molecule has 31 heavy (non-hydrogen) atoms. The summed E-state index contributed by atoms with van der Waals surface area (Å²) in [7, 11) is 0. The number of nitrogens with one attached hydrogen (secondary N) is 1. The molecule has 0 aliphatic carbocycles. The van der Waals surface area contributed by atoms with E-state index in [-0.39, 0.29) is 11.7 Å². The monoisotopic (exact) mass is 441 g/mol. The molecule has 0 unspecified atom stereocenters. The van der Waals surface area contributed by atoms with Crippen LogP contribution in [0.5, 0.6) is 10.9 Å². The highest BCUT2D eigenvalue weighted by atomic mass is 32.1. The highest BCUT2D eigenvalue weighted by Gasteiger charge is 2.31. The number of nitrogens with zero attached hydrogens (tertiary/aromatic N) is 2. The summed E-state index contributed by atoms with van der Waals surface area (Å²) in [6, 6.07) is 13.3. The third kappa shape index (κ3) is 5.40. The van der Waals surface area contributed by atoms with E-state index in [0.717, 1.165) is 49.2 Å². The van der Waals surface area contributed by atoms with E-state index >= 15 is 0 Å². The largest absolute Gasteiger partial charge is 0.431 e.